The quantitative estimate of drug-likeness (QED) is 0.837. The lowest BCUT2D eigenvalue weighted by Crippen LogP contribution is -2.54. The van der Waals surface area contributed by atoms with Crippen LogP contribution in [0.2, 0.25) is 0 Å². The summed E-state index contributed by atoms with van der Waals surface area (Å²) in [6, 6.07) is 7.69. The molecule has 1 aromatic carbocycles. The molecule has 2 amide bonds. The monoisotopic (exact) mass is 370 g/mol. The van der Waals surface area contributed by atoms with E-state index in [4.69, 9.17) is 4.74 Å². The maximum absolute atomic E-state index is 13.0. The zero-order chi connectivity index (χ0) is 19.0. The first kappa shape index (κ1) is 18.3. The number of rotatable bonds is 6. The number of amides is 2. The van der Waals surface area contributed by atoms with Gasteiger partial charge in [0, 0.05) is 19.0 Å². The van der Waals surface area contributed by atoms with Crippen LogP contribution in [0.15, 0.2) is 24.3 Å². The van der Waals surface area contributed by atoms with Crippen LogP contribution in [0.25, 0.3) is 0 Å². The van der Waals surface area contributed by atoms with Crippen molar-refractivity contribution in [3.05, 3.63) is 29.8 Å². The van der Waals surface area contributed by atoms with Crippen LogP contribution in [0, 0.1) is 23.2 Å². The largest absolute Gasteiger partial charge is 0.497 e. The van der Waals surface area contributed by atoms with E-state index in [1.54, 1.807) is 19.1 Å². The zero-order valence-electron chi connectivity index (χ0n) is 16.4. The molecule has 4 saturated carbocycles. The second-order valence-corrected chi connectivity index (χ2v) is 8.98. The van der Waals surface area contributed by atoms with E-state index in [2.05, 4.69) is 5.32 Å². The topological polar surface area (TPSA) is 58.6 Å². The van der Waals surface area contributed by atoms with Crippen LogP contribution in [-0.2, 0) is 16.1 Å². The van der Waals surface area contributed by atoms with Gasteiger partial charge in [0.25, 0.3) is 0 Å². The molecule has 0 heterocycles. The number of hydrogen-bond donors (Lipinski definition) is 1. The van der Waals surface area contributed by atoms with Gasteiger partial charge in [0.2, 0.25) is 11.8 Å². The molecule has 0 atom stereocenters. The minimum absolute atomic E-state index is 0.0519. The molecule has 4 fully saturated rings. The van der Waals surface area contributed by atoms with Crippen molar-refractivity contribution in [1.82, 2.24) is 10.2 Å². The minimum Gasteiger partial charge on any atom is -0.497 e. The number of nitrogens with one attached hydrogen (secondary N) is 1. The Balaban J connectivity index is 1.30. The number of methoxy groups -OCH3 is 1. The van der Waals surface area contributed by atoms with Crippen molar-refractivity contribution in [2.45, 2.75) is 45.1 Å². The molecule has 5 nitrogen and oxygen atoms in total. The maximum Gasteiger partial charge on any atom is 0.242 e. The Morgan fingerprint density at radius 1 is 1.07 bits per heavy atom. The van der Waals surface area contributed by atoms with Crippen LogP contribution in [0.5, 0.6) is 5.75 Å². The summed E-state index contributed by atoms with van der Waals surface area (Å²) in [5.41, 5.74) is 0.850. The van der Waals surface area contributed by atoms with Crippen molar-refractivity contribution in [1.29, 1.82) is 0 Å². The van der Waals surface area contributed by atoms with Crippen LogP contribution in [0.3, 0.4) is 0 Å². The number of hydrogen-bond acceptors (Lipinski definition) is 3. The Morgan fingerprint density at radius 3 is 2.15 bits per heavy atom. The smallest absolute Gasteiger partial charge is 0.242 e. The number of ether oxygens (including phenoxy) is 1. The number of benzene rings is 1. The van der Waals surface area contributed by atoms with Gasteiger partial charge in [-0.05, 0) is 74.0 Å². The van der Waals surface area contributed by atoms with Crippen molar-refractivity contribution < 1.29 is 14.3 Å². The van der Waals surface area contributed by atoms with Crippen LogP contribution < -0.4 is 10.1 Å². The standard InChI is InChI=1S/C22H30N2O3/c1-24(14-15-3-5-19(27-2)6-4-15)20(25)13-23-21(26)22-10-16-7-17(11-22)9-18(8-16)12-22/h3-6,16-18H,7-14H2,1-2H3,(H,23,26). The van der Waals surface area contributed by atoms with Crippen molar-refractivity contribution >= 4 is 11.8 Å². The van der Waals surface area contributed by atoms with Gasteiger partial charge in [0.1, 0.15) is 5.75 Å². The number of likely N-dealkylation sites (N-methyl/N-ethyl adjacent to an activating group) is 1. The highest BCUT2D eigenvalue weighted by Gasteiger charge is 2.54. The summed E-state index contributed by atoms with van der Waals surface area (Å²) in [5, 5.41) is 2.97. The molecule has 0 aliphatic heterocycles. The SMILES string of the molecule is COc1ccc(CN(C)C(=O)CNC(=O)C23CC4CC(CC(C4)C2)C3)cc1. The van der Waals surface area contributed by atoms with Crippen molar-refractivity contribution in [3.63, 3.8) is 0 Å². The van der Waals surface area contributed by atoms with Gasteiger partial charge in [0.05, 0.1) is 13.7 Å². The molecule has 5 heteroatoms. The minimum atomic E-state index is -0.191. The zero-order valence-corrected chi connectivity index (χ0v) is 16.4. The summed E-state index contributed by atoms with van der Waals surface area (Å²) in [6.07, 6.45) is 7.03. The predicted molar refractivity (Wildman–Crippen MR) is 103 cm³/mol. The summed E-state index contributed by atoms with van der Waals surface area (Å²) in [7, 11) is 3.42. The molecule has 5 rings (SSSR count). The molecule has 1 aromatic rings. The fourth-order valence-corrected chi connectivity index (χ4v) is 5.96. The van der Waals surface area contributed by atoms with Crippen LogP contribution in [-0.4, -0.2) is 37.4 Å². The Bertz CT molecular complexity index is 677. The molecular weight excluding hydrogens is 340 g/mol. The van der Waals surface area contributed by atoms with Gasteiger partial charge in [0.15, 0.2) is 0 Å². The predicted octanol–water partition coefficient (Wildman–Crippen LogP) is 2.99. The number of carbonyl (C=O) groups is 2. The lowest BCUT2D eigenvalue weighted by atomic mass is 9.49. The van der Waals surface area contributed by atoms with E-state index in [0.717, 1.165) is 48.3 Å². The van der Waals surface area contributed by atoms with Crippen LogP contribution in [0.1, 0.15) is 44.1 Å². The summed E-state index contributed by atoms with van der Waals surface area (Å²) in [6.45, 7) is 0.614. The Labute approximate surface area is 161 Å². The average Bonchev–Trinajstić information content (AvgIpc) is 2.65. The van der Waals surface area contributed by atoms with Crippen molar-refractivity contribution in [2.75, 3.05) is 20.7 Å². The number of nitrogens with zero attached hydrogens (tertiary/aromatic N) is 1. The summed E-state index contributed by atoms with van der Waals surface area (Å²) >= 11 is 0. The molecule has 0 unspecified atom stereocenters. The van der Waals surface area contributed by atoms with E-state index in [-0.39, 0.29) is 23.8 Å². The summed E-state index contributed by atoms with van der Waals surface area (Å²) < 4.78 is 5.16. The molecule has 27 heavy (non-hydrogen) atoms. The fourth-order valence-electron chi connectivity index (χ4n) is 5.96. The third-order valence-electron chi connectivity index (χ3n) is 6.92. The molecule has 0 aromatic heterocycles. The van der Waals surface area contributed by atoms with Crippen LogP contribution >= 0.6 is 0 Å². The van der Waals surface area contributed by atoms with Gasteiger partial charge >= 0.3 is 0 Å². The number of carbonyl (C=O) groups excluding carboxylic acids is 2. The second-order valence-electron chi connectivity index (χ2n) is 8.98. The normalized spacial score (nSPS) is 30.8. The summed E-state index contributed by atoms with van der Waals surface area (Å²) in [4.78, 5) is 27.1. The molecule has 146 valence electrons. The molecule has 1 N–H and O–H groups in total. The maximum atomic E-state index is 13.0. The highest BCUT2D eigenvalue weighted by molar-refractivity contribution is 5.88. The first-order chi connectivity index (χ1) is 13.0. The first-order valence-corrected chi connectivity index (χ1v) is 10.1. The highest BCUT2D eigenvalue weighted by atomic mass is 16.5. The lowest BCUT2D eigenvalue weighted by molar-refractivity contribution is -0.147. The van der Waals surface area contributed by atoms with Crippen molar-refractivity contribution in [2.24, 2.45) is 23.2 Å². The third kappa shape index (κ3) is 3.69. The van der Waals surface area contributed by atoms with Crippen molar-refractivity contribution in [3.8, 4) is 5.75 Å². The van der Waals surface area contributed by atoms with E-state index in [1.165, 1.54) is 19.3 Å². The van der Waals surface area contributed by atoms with E-state index in [9.17, 15) is 9.59 Å². The van der Waals surface area contributed by atoms with E-state index in [0.29, 0.717) is 6.54 Å². The van der Waals surface area contributed by atoms with Gasteiger partial charge in [-0.2, -0.15) is 0 Å². The Morgan fingerprint density at radius 2 is 1.63 bits per heavy atom. The van der Waals surface area contributed by atoms with Gasteiger partial charge < -0.3 is 15.0 Å². The molecule has 0 spiro atoms. The van der Waals surface area contributed by atoms with E-state index < -0.39 is 0 Å². The molecule has 4 bridgehead atoms. The molecular formula is C22H30N2O3. The second kappa shape index (κ2) is 7.17. The Kier molecular flexibility index (Phi) is 4.87. The van der Waals surface area contributed by atoms with Gasteiger partial charge in [-0.25, -0.2) is 0 Å². The molecule has 4 aliphatic carbocycles. The average molecular weight is 370 g/mol. The van der Waals surface area contributed by atoms with E-state index >= 15 is 0 Å². The highest BCUT2D eigenvalue weighted by Crippen LogP contribution is 2.60. The Hall–Kier alpha value is -2.04. The third-order valence-corrected chi connectivity index (χ3v) is 6.92. The lowest BCUT2D eigenvalue weighted by Gasteiger charge is -2.55. The fraction of sp³-hybridized carbons (Fsp3) is 0.636. The molecule has 0 saturated heterocycles. The van der Waals surface area contributed by atoms with E-state index in [1.807, 2.05) is 24.3 Å². The summed E-state index contributed by atoms with van der Waals surface area (Å²) in [5.74, 6) is 3.06. The molecule has 4 aliphatic rings. The first-order valence-electron chi connectivity index (χ1n) is 10.1. The van der Waals surface area contributed by atoms with Gasteiger partial charge in [-0.15, -0.1) is 0 Å². The van der Waals surface area contributed by atoms with Crippen LogP contribution in [0.4, 0.5) is 0 Å². The molecule has 0 radical (unpaired) electrons. The van der Waals surface area contributed by atoms with Gasteiger partial charge in [-0.1, -0.05) is 12.1 Å². The van der Waals surface area contributed by atoms with Gasteiger partial charge in [-0.3, -0.25) is 9.59 Å².